The van der Waals surface area contributed by atoms with Crippen LogP contribution >= 0.6 is 0 Å². The van der Waals surface area contributed by atoms with Crippen LogP contribution in [-0.2, 0) is 5.41 Å². The molecule has 2 rings (SSSR count). The van der Waals surface area contributed by atoms with Crippen LogP contribution in [0.5, 0.6) is 0 Å². The normalized spacial score (nSPS) is 28.5. The zero-order valence-corrected chi connectivity index (χ0v) is 9.12. The van der Waals surface area contributed by atoms with Gasteiger partial charge in [-0.3, -0.25) is 0 Å². The van der Waals surface area contributed by atoms with E-state index in [1.807, 2.05) is 13.8 Å². The highest BCUT2D eigenvalue weighted by Crippen LogP contribution is 2.53. The van der Waals surface area contributed by atoms with E-state index in [1.54, 1.807) is 0 Å². The Hall–Kier alpha value is -1.33. The lowest BCUT2D eigenvalue weighted by atomic mass is 9.92. The number of benzene rings is 1. The second kappa shape index (κ2) is 3.36. The fourth-order valence-electron chi connectivity index (χ4n) is 2.34. The highest BCUT2D eigenvalue weighted by atomic mass is 16.3. The molecule has 1 aromatic rings. The predicted molar refractivity (Wildman–Crippen MR) is 58.4 cm³/mol. The smallest absolute Gasteiger partial charge is 0.0877 e. The summed E-state index contributed by atoms with van der Waals surface area (Å²) in [5, 5.41) is 18.4. The Labute approximate surface area is 90.2 Å². The molecule has 2 atom stereocenters. The summed E-state index contributed by atoms with van der Waals surface area (Å²) >= 11 is 0. The van der Waals surface area contributed by atoms with E-state index >= 15 is 0 Å². The van der Waals surface area contributed by atoms with Crippen molar-refractivity contribution < 1.29 is 5.11 Å². The van der Waals surface area contributed by atoms with Gasteiger partial charge in [0.1, 0.15) is 0 Å². The van der Waals surface area contributed by atoms with Crippen molar-refractivity contribution in [1.29, 1.82) is 5.26 Å². The van der Waals surface area contributed by atoms with Gasteiger partial charge in [0.2, 0.25) is 0 Å². The second-order valence-corrected chi connectivity index (χ2v) is 4.54. The molecular formula is C13H15NO. The molecule has 1 aliphatic carbocycles. The minimum atomic E-state index is -0.411. The van der Waals surface area contributed by atoms with Gasteiger partial charge in [0, 0.05) is 12.5 Å². The topological polar surface area (TPSA) is 44.0 Å². The van der Waals surface area contributed by atoms with Crippen molar-refractivity contribution in [3.8, 4) is 6.07 Å². The third-order valence-corrected chi connectivity index (χ3v) is 3.26. The number of aryl methyl sites for hydroxylation is 2. The Bertz CT molecular complexity index is 412. The number of aliphatic hydroxyl groups is 1. The Kier molecular flexibility index (Phi) is 2.28. The van der Waals surface area contributed by atoms with Crippen molar-refractivity contribution in [2.75, 3.05) is 6.61 Å². The van der Waals surface area contributed by atoms with Crippen molar-refractivity contribution >= 4 is 0 Å². The number of nitriles is 1. The molecule has 0 spiro atoms. The Morgan fingerprint density at radius 2 is 2.00 bits per heavy atom. The van der Waals surface area contributed by atoms with Gasteiger partial charge in [0.05, 0.1) is 11.5 Å². The Balaban J connectivity index is 2.42. The van der Waals surface area contributed by atoms with Crippen LogP contribution in [0.1, 0.15) is 23.1 Å². The van der Waals surface area contributed by atoms with E-state index in [-0.39, 0.29) is 12.5 Å². The standard InChI is InChI=1S/C13H15NO/c1-9-3-10(2)5-11(4-9)13(8-14)6-12(13)7-15/h3-5,12,15H,6-7H2,1-2H3. The molecule has 15 heavy (non-hydrogen) atoms. The minimum Gasteiger partial charge on any atom is -0.396 e. The summed E-state index contributed by atoms with van der Waals surface area (Å²) in [6.45, 7) is 4.19. The summed E-state index contributed by atoms with van der Waals surface area (Å²) in [4.78, 5) is 0. The number of hydrogen-bond donors (Lipinski definition) is 1. The van der Waals surface area contributed by atoms with E-state index in [0.717, 1.165) is 12.0 Å². The molecule has 0 aliphatic heterocycles. The van der Waals surface area contributed by atoms with Crippen molar-refractivity contribution in [2.24, 2.45) is 5.92 Å². The first-order chi connectivity index (χ1) is 7.12. The lowest BCUT2D eigenvalue weighted by Gasteiger charge is -2.10. The third kappa shape index (κ3) is 1.53. The van der Waals surface area contributed by atoms with Gasteiger partial charge < -0.3 is 5.11 Å². The number of rotatable bonds is 2. The third-order valence-electron chi connectivity index (χ3n) is 3.26. The lowest BCUT2D eigenvalue weighted by Crippen LogP contribution is -2.09. The van der Waals surface area contributed by atoms with Crippen LogP contribution in [0.2, 0.25) is 0 Å². The van der Waals surface area contributed by atoms with Gasteiger partial charge in [-0.25, -0.2) is 0 Å². The molecule has 2 nitrogen and oxygen atoms in total. The number of hydrogen-bond acceptors (Lipinski definition) is 2. The van der Waals surface area contributed by atoms with Gasteiger partial charge in [0.15, 0.2) is 0 Å². The molecule has 0 radical (unpaired) electrons. The van der Waals surface area contributed by atoms with Crippen molar-refractivity contribution in [1.82, 2.24) is 0 Å². The molecule has 2 unspecified atom stereocenters. The van der Waals surface area contributed by atoms with Crippen LogP contribution in [0.15, 0.2) is 18.2 Å². The van der Waals surface area contributed by atoms with E-state index in [0.29, 0.717) is 0 Å². The quantitative estimate of drug-likeness (QED) is 0.796. The average molecular weight is 201 g/mol. The summed E-state index contributed by atoms with van der Waals surface area (Å²) in [7, 11) is 0. The number of nitrogens with zero attached hydrogens (tertiary/aromatic N) is 1. The summed E-state index contributed by atoms with van der Waals surface area (Å²) in [5.74, 6) is 0.128. The highest BCUT2D eigenvalue weighted by molar-refractivity contribution is 5.44. The molecule has 1 aromatic carbocycles. The molecule has 2 heteroatoms. The fraction of sp³-hybridized carbons (Fsp3) is 0.462. The van der Waals surface area contributed by atoms with Gasteiger partial charge in [-0.05, 0) is 25.8 Å². The van der Waals surface area contributed by atoms with E-state index in [1.165, 1.54) is 11.1 Å². The monoisotopic (exact) mass is 201 g/mol. The summed E-state index contributed by atoms with van der Waals surface area (Å²) in [6, 6.07) is 8.59. The van der Waals surface area contributed by atoms with Crippen molar-refractivity contribution in [2.45, 2.75) is 25.7 Å². The van der Waals surface area contributed by atoms with E-state index < -0.39 is 5.41 Å². The maximum atomic E-state index is 9.23. The molecular weight excluding hydrogens is 186 g/mol. The fourth-order valence-corrected chi connectivity index (χ4v) is 2.34. The molecule has 1 fully saturated rings. The second-order valence-electron chi connectivity index (χ2n) is 4.54. The SMILES string of the molecule is Cc1cc(C)cc(C2(C#N)CC2CO)c1. The molecule has 1 saturated carbocycles. The Morgan fingerprint density at radius 1 is 1.40 bits per heavy atom. The predicted octanol–water partition coefficient (Wildman–Crippen LogP) is 2.08. The number of aliphatic hydroxyl groups excluding tert-OH is 1. The van der Waals surface area contributed by atoms with E-state index in [4.69, 9.17) is 5.11 Å². The zero-order chi connectivity index (χ0) is 11.1. The summed E-state index contributed by atoms with van der Waals surface area (Å²) in [6.07, 6.45) is 0.795. The molecule has 1 N–H and O–H groups in total. The largest absolute Gasteiger partial charge is 0.396 e. The van der Waals surface area contributed by atoms with Crippen molar-refractivity contribution in [3.05, 3.63) is 34.9 Å². The average Bonchev–Trinajstić information content (AvgIpc) is 2.91. The molecule has 78 valence electrons. The minimum absolute atomic E-state index is 0.112. The first-order valence-electron chi connectivity index (χ1n) is 5.23. The van der Waals surface area contributed by atoms with Crippen LogP contribution < -0.4 is 0 Å². The molecule has 0 heterocycles. The summed E-state index contributed by atoms with van der Waals surface area (Å²) in [5.41, 5.74) is 3.03. The molecule has 1 aliphatic rings. The summed E-state index contributed by atoms with van der Waals surface area (Å²) < 4.78 is 0. The van der Waals surface area contributed by atoms with Crippen LogP contribution in [0.3, 0.4) is 0 Å². The molecule has 0 aromatic heterocycles. The van der Waals surface area contributed by atoms with Gasteiger partial charge >= 0.3 is 0 Å². The highest BCUT2D eigenvalue weighted by Gasteiger charge is 2.55. The molecule has 0 saturated heterocycles. The molecule has 0 amide bonds. The van der Waals surface area contributed by atoms with Gasteiger partial charge in [0.25, 0.3) is 0 Å². The van der Waals surface area contributed by atoms with Gasteiger partial charge in [-0.15, -0.1) is 0 Å². The van der Waals surface area contributed by atoms with Crippen LogP contribution in [0.4, 0.5) is 0 Å². The first-order valence-corrected chi connectivity index (χ1v) is 5.23. The maximum absolute atomic E-state index is 9.23. The van der Waals surface area contributed by atoms with E-state index in [2.05, 4.69) is 24.3 Å². The molecule has 0 bridgehead atoms. The van der Waals surface area contributed by atoms with Crippen LogP contribution in [-0.4, -0.2) is 11.7 Å². The van der Waals surface area contributed by atoms with Crippen LogP contribution in [0.25, 0.3) is 0 Å². The van der Waals surface area contributed by atoms with E-state index in [9.17, 15) is 5.26 Å². The van der Waals surface area contributed by atoms with Crippen LogP contribution in [0, 0.1) is 31.1 Å². The zero-order valence-electron chi connectivity index (χ0n) is 9.12. The van der Waals surface area contributed by atoms with Gasteiger partial charge in [-0.1, -0.05) is 29.3 Å². The first kappa shape index (κ1) is 10.2. The Morgan fingerprint density at radius 3 is 2.40 bits per heavy atom. The lowest BCUT2D eigenvalue weighted by molar-refractivity contribution is 0.269. The maximum Gasteiger partial charge on any atom is 0.0877 e. The van der Waals surface area contributed by atoms with Crippen molar-refractivity contribution in [3.63, 3.8) is 0 Å². The van der Waals surface area contributed by atoms with Gasteiger partial charge in [-0.2, -0.15) is 5.26 Å².